The zero-order chi connectivity index (χ0) is 22.8. The van der Waals surface area contributed by atoms with Gasteiger partial charge in [0.05, 0.1) is 45.7 Å². The molecule has 0 radical (unpaired) electrons. The second-order valence-corrected chi connectivity index (χ2v) is 8.26. The number of anilines is 1. The van der Waals surface area contributed by atoms with E-state index in [4.69, 9.17) is 17.3 Å². The summed E-state index contributed by atoms with van der Waals surface area (Å²) in [4.78, 5) is 23.3. The fraction of sp³-hybridized carbons (Fsp3) is 0.227. The third-order valence-corrected chi connectivity index (χ3v) is 6.31. The lowest BCUT2D eigenvalue weighted by Gasteiger charge is -2.26. The molecular formula is C22H17ClF3N5O. The topological polar surface area (TPSA) is 76.5 Å². The number of hydrogen-bond acceptors (Lipinski definition) is 4. The van der Waals surface area contributed by atoms with Crippen molar-refractivity contribution >= 4 is 39.9 Å². The van der Waals surface area contributed by atoms with Crippen LogP contribution in [0.25, 0.3) is 16.6 Å². The molecule has 0 spiro atoms. The highest BCUT2D eigenvalue weighted by molar-refractivity contribution is 6.34. The number of amides is 1. The molecule has 1 atom stereocenters. The molecule has 6 nitrogen and oxygen atoms in total. The third-order valence-electron chi connectivity index (χ3n) is 6.00. The number of benzene rings is 2. The Morgan fingerprint density at radius 3 is 2.78 bits per heavy atom. The van der Waals surface area contributed by atoms with Crippen LogP contribution >= 0.6 is 11.6 Å². The quantitative estimate of drug-likeness (QED) is 0.462. The summed E-state index contributed by atoms with van der Waals surface area (Å²) in [5.74, 6) is -0.0391. The molecule has 1 amide bonds. The predicted octanol–water partition coefficient (Wildman–Crippen LogP) is 4.90. The summed E-state index contributed by atoms with van der Waals surface area (Å²) in [6.07, 6.45) is -0.245. The largest absolute Gasteiger partial charge is 0.416 e. The van der Waals surface area contributed by atoms with E-state index in [2.05, 4.69) is 9.97 Å². The van der Waals surface area contributed by atoms with Gasteiger partial charge in [-0.2, -0.15) is 13.2 Å². The van der Waals surface area contributed by atoms with Crippen LogP contribution in [0.15, 0.2) is 42.9 Å². The highest BCUT2D eigenvalue weighted by Crippen LogP contribution is 2.40. The van der Waals surface area contributed by atoms with E-state index in [0.717, 1.165) is 11.6 Å². The molecule has 1 aliphatic rings. The van der Waals surface area contributed by atoms with Crippen LogP contribution in [0.2, 0.25) is 5.02 Å². The fourth-order valence-corrected chi connectivity index (χ4v) is 4.61. The first-order chi connectivity index (χ1) is 15.1. The average Bonchev–Trinajstić information content (AvgIpc) is 3.39. The maximum Gasteiger partial charge on any atom is 0.416 e. The van der Waals surface area contributed by atoms with Crippen LogP contribution in [0.3, 0.4) is 0 Å². The summed E-state index contributed by atoms with van der Waals surface area (Å²) < 4.78 is 40.9. The van der Waals surface area contributed by atoms with Gasteiger partial charge in [0.15, 0.2) is 0 Å². The number of imidazole rings is 1. The maximum absolute atomic E-state index is 13.4. The molecule has 0 bridgehead atoms. The number of carbonyl (C=O) groups excluding carboxylic acids is 1. The van der Waals surface area contributed by atoms with Crippen LogP contribution in [0.5, 0.6) is 0 Å². The summed E-state index contributed by atoms with van der Waals surface area (Å²) in [5.41, 5.74) is 8.62. The first-order valence-electron chi connectivity index (χ1n) is 9.83. The molecule has 0 aliphatic heterocycles. The summed E-state index contributed by atoms with van der Waals surface area (Å²) >= 11 is 6.42. The number of nitrogens with zero attached hydrogens (tertiary/aromatic N) is 4. The summed E-state index contributed by atoms with van der Waals surface area (Å²) in [7, 11) is 1.63. The number of fused-ring (bicyclic) bond motifs is 4. The molecule has 4 aromatic rings. The highest BCUT2D eigenvalue weighted by Gasteiger charge is 2.35. The van der Waals surface area contributed by atoms with Gasteiger partial charge in [-0.1, -0.05) is 17.7 Å². The molecule has 164 valence electrons. The molecule has 32 heavy (non-hydrogen) atoms. The predicted molar refractivity (Wildman–Crippen MR) is 115 cm³/mol. The highest BCUT2D eigenvalue weighted by atomic mass is 35.5. The summed E-state index contributed by atoms with van der Waals surface area (Å²) in [6.45, 7) is 0. The minimum Gasteiger partial charge on any atom is -0.382 e. The number of carbonyl (C=O) groups is 1. The van der Waals surface area contributed by atoms with Gasteiger partial charge < -0.3 is 10.6 Å². The zero-order valence-electron chi connectivity index (χ0n) is 16.8. The fourth-order valence-electron chi connectivity index (χ4n) is 4.37. The molecule has 2 N–H and O–H groups in total. The van der Waals surface area contributed by atoms with Crippen molar-refractivity contribution in [3.63, 3.8) is 0 Å². The van der Waals surface area contributed by atoms with Gasteiger partial charge in [-0.05, 0) is 48.2 Å². The number of rotatable bonds is 2. The Bertz CT molecular complexity index is 1400. The Labute approximate surface area is 185 Å². The van der Waals surface area contributed by atoms with Crippen LogP contribution in [-0.2, 0) is 12.6 Å². The molecule has 1 aliphatic carbocycles. The molecule has 0 saturated heterocycles. The minimum absolute atomic E-state index is 0.214. The Morgan fingerprint density at radius 1 is 1.25 bits per heavy atom. The van der Waals surface area contributed by atoms with Crippen LogP contribution in [-0.4, -0.2) is 32.2 Å². The van der Waals surface area contributed by atoms with Crippen molar-refractivity contribution in [2.45, 2.75) is 25.1 Å². The van der Waals surface area contributed by atoms with Gasteiger partial charge in [0, 0.05) is 7.05 Å². The van der Waals surface area contributed by atoms with Crippen molar-refractivity contribution in [1.29, 1.82) is 0 Å². The second-order valence-electron chi connectivity index (χ2n) is 7.85. The lowest BCUT2D eigenvalue weighted by atomic mass is 10.0. The number of aromatic nitrogens is 3. The van der Waals surface area contributed by atoms with Gasteiger partial charge in [-0.15, -0.1) is 0 Å². The lowest BCUT2D eigenvalue weighted by Crippen LogP contribution is -2.30. The van der Waals surface area contributed by atoms with Crippen LogP contribution in [0, 0.1) is 0 Å². The third kappa shape index (κ3) is 3.15. The van der Waals surface area contributed by atoms with E-state index in [9.17, 15) is 18.0 Å². The second kappa shape index (κ2) is 7.09. The first-order valence-corrected chi connectivity index (χ1v) is 10.2. The van der Waals surface area contributed by atoms with Crippen molar-refractivity contribution in [3.05, 3.63) is 70.1 Å². The lowest BCUT2D eigenvalue weighted by molar-refractivity contribution is -0.137. The zero-order valence-corrected chi connectivity index (χ0v) is 17.6. The van der Waals surface area contributed by atoms with Gasteiger partial charge in [-0.3, -0.25) is 9.20 Å². The molecule has 5 rings (SSSR count). The van der Waals surface area contributed by atoms with Gasteiger partial charge in [0.1, 0.15) is 11.3 Å². The van der Waals surface area contributed by atoms with E-state index in [-0.39, 0.29) is 22.5 Å². The van der Waals surface area contributed by atoms with Gasteiger partial charge >= 0.3 is 6.18 Å². The Kier molecular flexibility index (Phi) is 4.56. The van der Waals surface area contributed by atoms with E-state index in [1.54, 1.807) is 36.1 Å². The molecule has 2 heterocycles. The van der Waals surface area contributed by atoms with E-state index in [1.165, 1.54) is 17.0 Å². The van der Waals surface area contributed by atoms with E-state index in [0.29, 0.717) is 40.8 Å². The molecule has 2 aromatic heterocycles. The Morgan fingerprint density at radius 2 is 2.03 bits per heavy atom. The maximum atomic E-state index is 13.4. The van der Waals surface area contributed by atoms with Crippen LogP contribution in [0.4, 0.5) is 19.0 Å². The molecule has 2 aromatic carbocycles. The van der Waals surface area contributed by atoms with Crippen molar-refractivity contribution in [2.24, 2.45) is 0 Å². The number of halogens is 4. The summed E-state index contributed by atoms with van der Waals surface area (Å²) in [5, 5.41) is 0.214. The SMILES string of the molecule is CN(C(=O)c1cc2c(cc1Cl)nc(N)c1cncn12)[C@@H]1CCc2cc(C(F)(F)F)ccc21. The normalized spacial score (nSPS) is 16.0. The van der Waals surface area contributed by atoms with Crippen molar-refractivity contribution < 1.29 is 18.0 Å². The van der Waals surface area contributed by atoms with Crippen molar-refractivity contribution in [2.75, 3.05) is 12.8 Å². The Hall–Kier alpha value is -3.33. The van der Waals surface area contributed by atoms with E-state index in [1.807, 2.05) is 0 Å². The molecule has 0 unspecified atom stereocenters. The number of hydrogen-bond donors (Lipinski definition) is 1. The number of nitrogen functional groups attached to an aromatic ring is 1. The standard InChI is InChI=1S/C22H17ClF3N5O/c1-30(17-5-2-11-6-12(22(24,25)26)3-4-13(11)17)21(32)14-7-18-16(8-15(14)23)29-20(27)19-9-28-10-31(18)19/h3-4,6-10,17H,2,5H2,1H3,(H2,27,29)/t17-/m1/s1. The smallest absolute Gasteiger partial charge is 0.382 e. The van der Waals surface area contributed by atoms with Crippen molar-refractivity contribution in [1.82, 2.24) is 19.3 Å². The van der Waals surface area contributed by atoms with Gasteiger partial charge in [0.2, 0.25) is 0 Å². The molecular weight excluding hydrogens is 443 g/mol. The van der Waals surface area contributed by atoms with E-state index >= 15 is 0 Å². The van der Waals surface area contributed by atoms with Crippen LogP contribution in [0.1, 0.15) is 39.5 Å². The molecule has 10 heteroatoms. The minimum atomic E-state index is -4.40. The van der Waals surface area contributed by atoms with Gasteiger partial charge in [0.25, 0.3) is 5.91 Å². The number of aryl methyl sites for hydroxylation is 1. The van der Waals surface area contributed by atoms with Crippen LogP contribution < -0.4 is 5.73 Å². The molecule has 0 saturated carbocycles. The number of alkyl halides is 3. The Balaban J connectivity index is 1.53. The average molecular weight is 460 g/mol. The van der Waals surface area contributed by atoms with Gasteiger partial charge in [-0.25, -0.2) is 9.97 Å². The monoisotopic (exact) mass is 459 g/mol. The first kappa shape index (κ1) is 20.6. The number of nitrogens with two attached hydrogens (primary N) is 1. The summed E-state index contributed by atoms with van der Waals surface area (Å²) in [6, 6.07) is 6.56. The van der Waals surface area contributed by atoms with Crippen molar-refractivity contribution in [3.8, 4) is 0 Å². The van der Waals surface area contributed by atoms with E-state index < -0.39 is 11.7 Å². The molecule has 0 fully saturated rings.